The Hall–Kier alpha value is -2.37. The smallest absolute Gasteiger partial charge is 0.338 e. The first-order valence-corrected chi connectivity index (χ1v) is 12.5. The van der Waals surface area contributed by atoms with Crippen LogP contribution in [0.3, 0.4) is 0 Å². The molecule has 6 heteroatoms. The van der Waals surface area contributed by atoms with Gasteiger partial charge in [-0.05, 0) is 66.8 Å². The molecule has 34 heavy (non-hydrogen) atoms. The zero-order chi connectivity index (χ0) is 24.7. The van der Waals surface area contributed by atoms with Crippen molar-refractivity contribution in [1.29, 1.82) is 0 Å². The van der Waals surface area contributed by atoms with Crippen molar-refractivity contribution in [3.05, 3.63) is 58.7 Å². The zero-order valence-corrected chi connectivity index (χ0v) is 19.8. The summed E-state index contributed by atoms with van der Waals surface area (Å²) in [5.74, 6) is -6.44. The minimum absolute atomic E-state index is 0.0474. The average molecular weight is 479 g/mol. The highest BCUT2D eigenvalue weighted by molar-refractivity contribution is 5.90. The van der Waals surface area contributed by atoms with Crippen LogP contribution in [-0.2, 0) is 0 Å². The first-order valence-electron chi connectivity index (χ1n) is 12.5. The van der Waals surface area contributed by atoms with Crippen LogP contribution in [0.1, 0.15) is 106 Å². The fraction of sp³-hybridized carbons (Fsp3) is 0.536. The van der Waals surface area contributed by atoms with Crippen molar-refractivity contribution in [2.45, 2.75) is 89.9 Å². The summed E-state index contributed by atoms with van der Waals surface area (Å²) >= 11 is 0. The van der Waals surface area contributed by atoms with Crippen molar-refractivity contribution in [1.82, 2.24) is 0 Å². The maximum absolute atomic E-state index is 15.3. The molecule has 0 radical (unpaired) electrons. The van der Waals surface area contributed by atoms with E-state index in [0.717, 1.165) is 37.8 Å². The highest BCUT2D eigenvalue weighted by Crippen LogP contribution is 2.43. The Kier molecular flexibility index (Phi) is 9.54. The molecule has 0 saturated heterocycles. The van der Waals surface area contributed by atoms with Crippen molar-refractivity contribution < 1.29 is 27.5 Å². The molecule has 0 spiro atoms. The van der Waals surface area contributed by atoms with E-state index in [1.54, 1.807) is 6.07 Å². The predicted octanol–water partition coefficient (Wildman–Crippen LogP) is 9.02. The number of benzene rings is 2. The first kappa shape index (κ1) is 26.2. The largest absolute Gasteiger partial charge is 0.478 e. The highest BCUT2D eigenvalue weighted by Gasteiger charge is 2.28. The molecule has 0 heterocycles. The van der Waals surface area contributed by atoms with Crippen molar-refractivity contribution in [3.63, 3.8) is 0 Å². The summed E-state index contributed by atoms with van der Waals surface area (Å²) in [6.45, 7) is 2.21. The normalized spacial score (nSPS) is 18.3. The number of hydrogen-bond acceptors (Lipinski definition) is 1. The lowest BCUT2D eigenvalue weighted by molar-refractivity contribution is 0.0692. The molecular weight excluding hydrogens is 444 g/mol. The van der Waals surface area contributed by atoms with Crippen LogP contribution in [0, 0.1) is 29.2 Å². The topological polar surface area (TPSA) is 37.3 Å². The number of carbonyl (C=O) groups is 1. The third-order valence-electron chi connectivity index (χ3n) is 7.18. The van der Waals surface area contributed by atoms with Crippen molar-refractivity contribution in [2.24, 2.45) is 5.92 Å². The van der Waals surface area contributed by atoms with Gasteiger partial charge in [-0.25, -0.2) is 22.4 Å². The lowest BCUT2D eigenvalue weighted by Crippen LogP contribution is -2.15. The Balaban J connectivity index is 1.72. The molecule has 3 rings (SSSR count). The van der Waals surface area contributed by atoms with Gasteiger partial charge in [-0.1, -0.05) is 64.4 Å². The van der Waals surface area contributed by atoms with Crippen LogP contribution in [0.4, 0.5) is 17.6 Å². The number of hydrogen-bond donors (Lipinski definition) is 1. The number of carboxylic acid groups (broad SMARTS) is 1. The predicted molar refractivity (Wildman–Crippen MR) is 126 cm³/mol. The summed E-state index contributed by atoms with van der Waals surface area (Å²) in [5, 5.41) is 9.34. The molecule has 0 amide bonds. The lowest BCUT2D eigenvalue weighted by atomic mass is 9.75. The van der Waals surface area contributed by atoms with E-state index in [1.165, 1.54) is 57.4 Å². The van der Waals surface area contributed by atoms with Gasteiger partial charge in [0.1, 0.15) is 5.82 Å². The highest BCUT2D eigenvalue weighted by atomic mass is 19.2. The summed E-state index contributed by atoms with van der Waals surface area (Å²) < 4.78 is 56.6. The van der Waals surface area contributed by atoms with E-state index in [9.17, 15) is 23.1 Å². The summed E-state index contributed by atoms with van der Waals surface area (Å²) in [7, 11) is 0. The van der Waals surface area contributed by atoms with Crippen LogP contribution in [0.25, 0.3) is 11.1 Å². The standard InChI is InChI=1S/C28H34F4O2/c1-2-3-4-5-6-7-8-9-18-10-12-19(13-11-18)21-14-15-22(28(33)34)26(31)25(21)20-16-23(29)27(32)24(30)17-20/h14-19H,2-13H2,1H3,(H,33,34)/t18-,19-. The molecule has 186 valence electrons. The summed E-state index contributed by atoms with van der Waals surface area (Å²) in [5.41, 5.74) is -0.371. The van der Waals surface area contributed by atoms with Crippen LogP contribution in [0.2, 0.25) is 0 Å². The minimum atomic E-state index is -1.63. The van der Waals surface area contributed by atoms with Gasteiger partial charge >= 0.3 is 5.97 Å². The second kappa shape index (κ2) is 12.4. The monoisotopic (exact) mass is 478 g/mol. The first-order chi connectivity index (χ1) is 16.3. The zero-order valence-electron chi connectivity index (χ0n) is 19.8. The second-order valence-corrected chi connectivity index (χ2v) is 9.58. The molecule has 2 nitrogen and oxygen atoms in total. The molecule has 1 aliphatic rings. The SMILES string of the molecule is CCCCCCCCC[C@H]1CC[C@H](c2ccc(C(=O)O)c(F)c2-c2cc(F)c(F)c(F)c2)CC1. The molecule has 1 fully saturated rings. The van der Waals surface area contributed by atoms with Gasteiger partial charge in [0.2, 0.25) is 0 Å². The third kappa shape index (κ3) is 6.39. The molecule has 1 N–H and O–H groups in total. The molecule has 1 aliphatic carbocycles. The van der Waals surface area contributed by atoms with Crippen LogP contribution < -0.4 is 0 Å². The Morgan fingerprint density at radius 1 is 0.853 bits per heavy atom. The van der Waals surface area contributed by atoms with E-state index in [1.807, 2.05) is 0 Å². The van der Waals surface area contributed by atoms with E-state index in [-0.39, 0.29) is 17.0 Å². The number of carboxylic acids is 1. The molecule has 0 unspecified atom stereocenters. The summed E-state index contributed by atoms with van der Waals surface area (Å²) in [4.78, 5) is 11.5. The van der Waals surface area contributed by atoms with E-state index >= 15 is 4.39 Å². The molecule has 1 saturated carbocycles. The van der Waals surface area contributed by atoms with Gasteiger partial charge in [-0.3, -0.25) is 0 Å². The lowest BCUT2D eigenvalue weighted by Gasteiger charge is -2.30. The van der Waals surface area contributed by atoms with Crippen LogP contribution >= 0.6 is 0 Å². The Morgan fingerprint density at radius 3 is 2.03 bits per heavy atom. The number of aromatic carboxylic acids is 1. The molecule has 0 aromatic heterocycles. The molecule has 0 bridgehead atoms. The van der Waals surface area contributed by atoms with Gasteiger partial charge in [-0.2, -0.15) is 0 Å². The number of rotatable bonds is 11. The van der Waals surface area contributed by atoms with Crippen LogP contribution in [-0.4, -0.2) is 11.1 Å². The maximum atomic E-state index is 15.3. The van der Waals surface area contributed by atoms with E-state index in [4.69, 9.17) is 0 Å². The van der Waals surface area contributed by atoms with Gasteiger partial charge < -0.3 is 5.11 Å². The van der Waals surface area contributed by atoms with Crippen molar-refractivity contribution in [3.8, 4) is 11.1 Å². The molecule has 2 aromatic carbocycles. The third-order valence-corrected chi connectivity index (χ3v) is 7.18. The van der Waals surface area contributed by atoms with Crippen molar-refractivity contribution in [2.75, 3.05) is 0 Å². The molecule has 0 atom stereocenters. The molecular formula is C28H34F4O2. The van der Waals surface area contributed by atoms with Gasteiger partial charge in [0, 0.05) is 5.56 Å². The fourth-order valence-corrected chi connectivity index (χ4v) is 5.24. The van der Waals surface area contributed by atoms with Gasteiger partial charge in [0.15, 0.2) is 17.5 Å². The van der Waals surface area contributed by atoms with Gasteiger partial charge in [0.05, 0.1) is 5.56 Å². The number of unbranched alkanes of at least 4 members (excludes halogenated alkanes) is 6. The quantitative estimate of drug-likeness (QED) is 0.199. The fourth-order valence-electron chi connectivity index (χ4n) is 5.24. The van der Waals surface area contributed by atoms with Gasteiger partial charge in [-0.15, -0.1) is 0 Å². The van der Waals surface area contributed by atoms with E-state index < -0.39 is 34.8 Å². The van der Waals surface area contributed by atoms with Crippen LogP contribution in [0.5, 0.6) is 0 Å². The van der Waals surface area contributed by atoms with E-state index in [0.29, 0.717) is 11.5 Å². The second-order valence-electron chi connectivity index (χ2n) is 9.58. The molecule has 0 aliphatic heterocycles. The van der Waals surface area contributed by atoms with Crippen molar-refractivity contribution >= 4 is 5.97 Å². The number of halogens is 4. The minimum Gasteiger partial charge on any atom is -0.478 e. The van der Waals surface area contributed by atoms with E-state index in [2.05, 4.69) is 6.92 Å². The molecule has 2 aromatic rings. The maximum Gasteiger partial charge on any atom is 0.338 e. The summed E-state index contributed by atoms with van der Waals surface area (Å²) in [6, 6.07) is 4.22. The average Bonchev–Trinajstić information content (AvgIpc) is 2.81. The Bertz CT molecular complexity index is 958. The Labute approximate surface area is 199 Å². The van der Waals surface area contributed by atoms with Gasteiger partial charge in [0.25, 0.3) is 0 Å². The van der Waals surface area contributed by atoms with Crippen LogP contribution in [0.15, 0.2) is 24.3 Å². The summed E-state index contributed by atoms with van der Waals surface area (Å²) in [6.07, 6.45) is 13.6. The Morgan fingerprint density at radius 2 is 1.44 bits per heavy atom.